The van der Waals surface area contributed by atoms with Crippen LogP contribution in [0.25, 0.3) is 11.1 Å². The highest BCUT2D eigenvalue weighted by atomic mass is 16.2. The summed E-state index contributed by atoms with van der Waals surface area (Å²) in [4.78, 5) is 27.9. The number of aromatic nitrogens is 2. The first kappa shape index (κ1) is 20.0. The van der Waals surface area contributed by atoms with Gasteiger partial charge in [-0.3, -0.25) is 14.6 Å². The normalized spacial score (nSPS) is 17.9. The van der Waals surface area contributed by atoms with Crippen LogP contribution in [-0.4, -0.2) is 76.4 Å². The minimum Gasteiger partial charge on any atom is -0.339 e. The Kier molecular flexibility index (Phi) is 6.52. The fourth-order valence-electron chi connectivity index (χ4n) is 4.27. The van der Waals surface area contributed by atoms with Crippen LogP contribution in [0.1, 0.15) is 30.9 Å². The number of nitrogens with zero attached hydrogens (tertiary/aromatic N) is 5. The number of carbonyl (C=O) groups excluding carboxylic acids is 1. The van der Waals surface area contributed by atoms with Crippen molar-refractivity contribution < 1.29 is 4.79 Å². The van der Waals surface area contributed by atoms with Crippen molar-refractivity contribution in [3.8, 4) is 11.1 Å². The van der Waals surface area contributed by atoms with Crippen molar-refractivity contribution in [3.05, 3.63) is 48.0 Å². The van der Waals surface area contributed by atoms with E-state index in [1.807, 2.05) is 12.4 Å². The molecule has 2 aliphatic heterocycles. The van der Waals surface area contributed by atoms with Crippen molar-refractivity contribution in [2.45, 2.75) is 32.7 Å². The largest absolute Gasteiger partial charge is 0.339 e. The Bertz CT molecular complexity index is 817. The fourth-order valence-corrected chi connectivity index (χ4v) is 4.27. The molecule has 154 valence electrons. The second kappa shape index (κ2) is 9.46. The highest BCUT2D eigenvalue weighted by molar-refractivity contribution is 5.78. The van der Waals surface area contributed by atoms with Gasteiger partial charge in [0.1, 0.15) is 6.33 Å². The van der Waals surface area contributed by atoms with Gasteiger partial charge in [-0.05, 0) is 36.1 Å². The summed E-state index contributed by atoms with van der Waals surface area (Å²) in [6.45, 7) is 9.48. The summed E-state index contributed by atoms with van der Waals surface area (Å²) < 4.78 is 0. The lowest BCUT2D eigenvalue weighted by molar-refractivity contribution is -0.134. The number of hydrogen-bond acceptors (Lipinski definition) is 5. The Morgan fingerprint density at radius 2 is 1.76 bits per heavy atom. The lowest BCUT2D eigenvalue weighted by atomic mass is 9.95. The van der Waals surface area contributed by atoms with Crippen LogP contribution < -0.4 is 0 Å². The van der Waals surface area contributed by atoms with Crippen molar-refractivity contribution in [1.82, 2.24) is 24.7 Å². The third-order valence-corrected chi connectivity index (χ3v) is 6.10. The molecule has 1 fully saturated rings. The van der Waals surface area contributed by atoms with Gasteiger partial charge in [0.05, 0.1) is 6.54 Å². The van der Waals surface area contributed by atoms with E-state index in [2.05, 4.69) is 49.8 Å². The molecule has 6 nitrogen and oxygen atoms in total. The number of fused-ring (bicyclic) bond motifs is 1. The van der Waals surface area contributed by atoms with Crippen LogP contribution >= 0.6 is 0 Å². The van der Waals surface area contributed by atoms with Crippen molar-refractivity contribution >= 4 is 5.91 Å². The van der Waals surface area contributed by atoms with Crippen LogP contribution in [0.5, 0.6) is 0 Å². The van der Waals surface area contributed by atoms with Crippen LogP contribution in [-0.2, 0) is 17.8 Å². The van der Waals surface area contributed by atoms with Crippen LogP contribution in [0.3, 0.4) is 0 Å². The van der Waals surface area contributed by atoms with Gasteiger partial charge in [0.2, 0.25) is 5.91 Å². The molecule has 1 saturated heterocycles. The molecule has 1 amide bonds. The number of carbonyl (C=O) groups is 1. The summed E-state index contributed by atoms with van der Waals surface area (Å²) in [5, 5.41) is 0. The molecule has 1 aromatic heterocycles. The number of amides is 1. The summed E-state index contributed by atoms with van der Waals surface area (Å²) in [5.41, 5.74) is 4.91. The molecule has 4 rings (SSSR count). The van der Waals surface area contributed by atoms with Gasteiger partial charge in [0.15, 0.2) is 0 Å². The second-order valence-electron chi connectivity index (χ2n) is 8.15. The van der Waals surface area contributed by atoms with Crippen molar-refractivity contribution in [1.29, 1.82) is 0 Å². The third kappa shape index (κ3) is 5.00. The molecule has 0 N–H and O–H groups in total. The van der Waals surface area contributed by atoms with E-state index in [1.54, 1.807) is 6.33 Å². The molecule has 0 radical (unpaired) electrons. The molecule has 29 heavy (non-hydrogen) atoms. The lowest BCUT2D eigenvalue weighted by Gasteiger charge is -2.36. The van der Waals surface area contributed by atoms with E-state index in [0.29, 0.717) is 6.54 Å². The number of piperazine rings is 1. The van der Waals surface area contributed by atoms with E-state index >= 15 is 0 Å². The highest BCUT2D eigenvalue weighted by Gasteiger charge is 2.24. The monoisotopic (exact) mass is 393 g/mol. The predicted octanol–water partition coefficient (Wildman–Crippen LogP) is 2.45. The van der Waals surface area contributed by atoms with Crippen LogP contribution in [0.15, 0.2) is 36.9 Å². The summed E-state index contributed by atoms with van der Waals surface area (Å²) in [6, 6.07) is 6.59. The van der Waals surface area contributed by atoms with E-state index < -0.39 is 0 Å². The molecule has 0 atom stereocenters. The first-order valence-corrected chi connectivity index (χ1v) is 10.8. The Morgan fingerprint density at radius 1 is 0.966 bits per heavy atom. The summed E-state index contributed by atoms with van der Waals surface area (Å²) in [6.07, 6.45) is 8.72. The predicted molar refractivity (Wildman–Crippen MR) is 114 cm³/mol. The molecule has 3 heterocycles. The molecule has 1 aromatic carbocycles. The average Bonchev–Trinajstić information content (AvgIpc) is 2.78. The average molecular weight is 394 g/mol. The molecule has 0 aliphatic carbocycles. The SMILES string of the molecule is CCCCN1CCN(C(=O)CN2CCc3cc(-c4cncnc4)ccc3C2)CC1. The maximum Gasteiger partial charge on any atom is 0.236 e. The standard InChI is InChI=1S/C23H31N5O/c1-2-3-7-26-9-11-28(12-10-26)23(29)17-27-8-6-20-13-19(4-5-21(20)16-27)22-14-24-18-25-15-22/h4-5,13-15,18H,2-3,6-12,16-17H2,1H3. The first-order valence-electron chi connectivity index (χ1n) is 10.8. The van der Waals surface area contributed by atoms with Crippen molar-refractivity contribution in [2.24, 2.45) is 0 Å². The molecule has 6 heteroatoms. The van der Waals surface area contributed by atoms with Gasteiger partial charge in [-0.2, -0.15) is 0 Å². The minimum atomic E-state index is 0.279. The number of benzene rings is 1. The number of unbranched alkanes of at least 4 members (excludes halogenated alkanes) is 1. The Labute approximate surface area is 173 Å². The van der Waals surface area contributed by atoms with E-state index in [9.17, 15) is 4.79 Å². The Morgan fingerprint density at radius 3 is 2.52 bits per heavy atom. The van der Waals surface area contributed by atoms with Crippen molar-refractivity contribution in [2.75, 3.05) is 45.8 Å². The maximum atomic E-state index is 12.8. The second-order valence-corrected chi connectivity index (χ2v) is 8.15. The van der Waals surface area contributed by atoms with Crippen LogP contribution in [0.4, 0.5) is 0 Å². The van der Waals surface area contributed by atoms with Gasteiger partial charge in [-0.25, -0.2) is 9.97 Å². The molecule has 2 aromatic rings. The molecule has 0 saturated carbocycles. The van der Waals surface area contributed by atoms with Crippen LogP contribution in [0, 0.1) is 0 Å². The Hall–Kier alpha value is -2.31. The van der Waals surface area contributed by atoms with Gasteiger partial charge in [-0.15, -0.1) is 0 Å². The number of rotatable bonds is 6. The first-order chi connectivity index (χ1) is 14.2. The van der Waals surface area contributed by atoms with Gasteiger partial charge in [0.25, 0.3) is 0 Å². The lowest BCUT2D eigenvalue weighted by Crippen LogP contribution is -2.51. The molecule has 0 bridgehead atoms. The number of hydrogen-bond donors (Lipinski definition) is 0. The van der Waals surface area contributed by atoms with Crippen molar-refractivity contribution in [3.63, 3.8) is 0 Å². The Balaban J connectivity index is 1.31. The molecule has 2 aliphatic rings. The minimum absolute atomic E-state index is 0.279. The summed E-state index contributed by atoms with van der Waals surface area (Å²) >= 11 is 0. The zero-order valence-corrected chi connectivity index (χ0v) is 17.4. The van der Waals surface area contributed by atoms with E-state index in [-0.39, 0.29) is 5.91 Å². The van der Waals surface area contributed by atoms with E-state index in [0.717, 1.165) is 56.8 Å². The van der Waals surface area contributed by atoms with Gasteiger partial charge in [-0.1, -0.05) is 31.5 Å². The maximum absolute atomic E-state index is 12.8. The zero-order valence-electron chi connectivity index (χ0n) is 17.4. The molecule has 0 spiro atoms. The highest BCUT2D eigenvalue weighted by Crippen LogP contribution is 2.25. The smallest absolute Gasteiger partial charge is 0.236 e. The van der Waals surface area contributed by atoms with Gasteiger partial charge < -0.3 is 4.90 Å². The van der Waals surface area contributed by atoms with Crippen LogP contribution in [0.2, 0.25) is 0 Å². The summed E-state index contributed by atoms with van der Waals surface area (Å²) in [7, 11) is 0. The van der Waals surface area contributed by atoms with E-state index in [1.165, 1.54) is 30.5 Å². The molecular formula is C23H31N5O. The molecular weight excluding hydrogens is 362 g/mol. The summed E-state index contributed by atoms with van der Waals surface area (Å²) in [5.74, 6) is 0.279. The van der Waals surface area contributed by atoms with Gasteiger partial charge >= 0.3 is 0 Å². The van der Waals surface area contributed by atoms with Gasteiger partial charge in [0, 0.05) is 57.2 Å². The quantitative estimate of drug-likeness (QED) is 0.755. The fraction of sp³-hybridized carbons (Fsp3) is 0.522. The molecule has 0 unspecified atom stereocenters. The van der Waals surface area contributed by atoms with E-state index in [4.69, 9.17) is 0 Å². The zero-order chi connectivity index (χ0) is 20.1. The topological polar surface area (TPSA) is 52.6 Å². The third-order valence-electron chi connectivity index (χ3n) is 6.10.